The van der Waals surface area contributed by atoms with Gasteiger partial charge in [0.1, 0.15) is 5.75 Å². The van der Waals surface area contributed by atoms with E-state index in [1.807, 2.05) is 0 Å². The van der Waals surface area contributed by atoms with Crippen molar-refractivity contribution in [2.75, 3.05) is 7.11 Å². The van der Waals surface area contributed by atoms with E-state index < -0.39 is 5.24 Å². The van der Waals surface area contributed by atoms with Crippen molar-refractivity contribution < 1.29 is 9.53 Å². The lowest BCUT2D eigenvalue weighted by Gasteiger charge is -2.08. The Labute approximate surface area is 86.4 Å². The Kier molecular flexibility index (Phi) is 3.17. The summed E-state index contributed by atoms with van der Waals surface area (Å²) in [6.45, 7) is 1.80. The van der Waals surface area contributed by atoms with Crippen LogP contribution in [-0.2, 0) is 0 Å². The van der Waals surface area contributed by atoms with Crippen LogP contribution in [0.3, 0.4) is 0 Å². The molecule has 70 valence electrons. The van der Waals surface area contributed by atoms with E-state index in [-0.39, 0.29) is 0 Å². The largest absolute Gasteiger partial charge is 0.496 e. The number of rotatable bonds is 2. The third-order valence-electron chi connectivity index (χ3n) is 1.66. The highest BCUT2D eigenvalue weighted by Crippen LogP contribution is 2.28. The van der Waals surface area contributed by atoms with Crippen molar-refractivity contribution in [3.05, 3.63) is 28.3 Å². The topological polar surface area (TPSA) is 26.3 Å². The van der Waals surface area contributed by atoms with E-state index in [9.17, 15) is 4.79 Å². The highest BCUT2D eigenvalue weighted by molar-refractivity contribution is 6.68. The molecule has 1 aromatic rings. The van der Waals surface area contributed by atoms with Gasteiger partial charge in [-0.05, 0) is 36.2 Å². The zero-order valence-corrected chi connectivity index (χ0v) is 8.74. The Morgan fingerprint density at radius 3 is 2.54 bits per heavy atom. The van der Waals surface area contributed by atoms with Crippen LogP contribution in [0.1, 0.15) is 15.9 Å². The molecule has 4 heteroatoms. The van der Waals surface area contributed by atoms with E-state index in [2.05, 4.69) is 0 Å². The molecule has 0 heterocycles. The number of hydrogen-bond donors (Lipinski definition) is 0. The molecule has 0 saturated heterocycles. The number of carbonyl (C=O) groups is 1. The first-order chi connectivity index (χ1) is 6.06. The molecule has 1 rings (SSSR count). The fraction of sp³-hybridized carbons (Fsp3) is 0.222. The van der Waals surface area contributed by atoms with E-state index in [4.69, 9.17) is 27.9 Å². The molecular weight excluding hydrogens is 211 g/mol. The number of methoxy groups -OCH3 is 1. The lowest BCUT2D eigenvalue weighted by molar-refractivity contribution is 0.107. The fourth-order valence-corrected chi connectivity index (χ4v) is 1.56. The molecule has 0 aromatic heterocycles. The van der Waals surface area contributed by atoms with E-state index >= 15 is 0 Å². The molecule has 0 atom stereocenters. The summed E-state index contributed by atoms with van der Waals surface area (Å²) in [6.07, 6.45) is 0. The predicted molar refractivity (Wildman–Crippen MR) is 52.9 cm³/mol. The van der Waals surface area contributed by atoms with Crippen LogP contribution in [0, 0.1) is 6.92 Å². The summed E-state index contributed by atoms with van der Waals surface area (Å²) in [6, 6.07) is 3.20. The zero-order valence-electron chi connectivity index (χ0n) is 7.23. The Bertz CT molecular complexity index is 348. The number of carbonyl (C=O) groups excluding carboxylic acids is 1. The van der Waals surface area contributed by atoms with Gasteiger partial charge in [-0.25, -0.2) is 0 Å². The van der Waals surface area contributed by atoms with Gasteiger partial charge in [0.05, 0.1) is 12.7 Å². The molecule has 0 aliphatic carbocycles. The first-order valence-electron chi connectivity index (χ1n) is 3.60. The summed E-state index contributed by atoms with van der Waals surface area (Å²) in [5.41, 5.74) is 1.09. The second kappa shape index (κ2) is 3.99. The van der Waals surface area contributed by atoms with Gasteiger partial charge in [-0.3, -0.25) is 4.79 Å². The highest BCUT2D eigenvalue weighted by Gasteiger charge is 2.13. The summed E-state index contributed by atoms with van der Waals surface area (Å²) < 4.78 is 5.03. The zero-order chi connectivity index (χ0) is 10.0. The molecule has 0 spiro atoms. The Morgan fingerprint density at radius 2 is 2.08 bits per heavy atom. The summed E-state index contributed by atoms with van der Waals surface area (Å²) in [7, 11) is 1.49. The third-order valence-corrected chi connectivity index (χ3v) is 2.08. The molecule has 13 heavy (non-hydrogen) atoms. The fourth-order valence-electron chi connectivity index (χ4n) is 1.15. The van der Waals surface area contributed by atoms with Crippen molar-refractivity contribution in [1.29, 1.82) is 0 Å². The minimum absolute atomic E-state index is 0.300. The standard InChI is InChI=1S/C9H8Cl2O2/c1-5-3-6(10)4-7(9(11)12)8(5)13-2/h3-4H,1-2H3. The van der Waals surface area contributed by atoms with Crippen LogP contribution in [0.25, 0.3) is 0 Å². The van der Waals surface area contributed by atoms with Crippen molar-refractivity contribution >= 4 is 28.4 Å². The number of halogens is 2. The minimum atomic E-state index is -0.567. The van der Waals surface area contributed by atoms with Crippen LogP contribution < -0.4 is 4.74 Å². The summed E-state index contributed by atoms with van der Waals surface area (Å²) in [5.74, 6) is 0.476. The summed E-state index contributed by atoms with van der Waals surface area (Å²) in [5, 5.41) is -0.0928. The second-order valence-corrected chi connectivity index (χ2v) is 3.36. The molecule has 1 aromatic carbocycles. The van der Waals surface area contributed by atoms with Crippen LogP contribution >= 0.6 is 23.2 Å². The summed E-state index contributed by atoms with van der Waals surface area (Å²) in [4.78, 5) is 11.0. The van der Waals surface area contributed by atoms with Gasteiger partial charge in [-0.15, -0.1) is 0 Å². The first-order valence-corrected chi connectivity index (χ1v) is 4.36. The predicted octanol–water partition coefficient (Wildman–Crippen LogP) is 3.04. The smallest absolute Gasteiger partial charge is 0.256 e. The van der Waals surface area contributed by atoms with Crippen molar-refractivity contribution in [3.63, 3.8) is 0 Å². The number of hydrogen-bond acceptors (Lipinski definition) is 2. The third kappa shape index (κ3) is 2.14. The summed E-state index contributed by atoms with van der Waals surface area (Å²) >= 11 is 11.1. The number of aryl methyl sites for hydroxylation is 1. The van der Waals surface area contributed by atoms with Gasteiger partial charge in [0.15, 0.2) is 0 Å². The Balaban J connectivity index is 3.38. The van der Waals surface area contributed by atoms with Gasteiger partial charge >= 0.3 is 0 Å². The van der Waals surface area contributed by atoms with Crippen LogP contribution in [0.15, 0.2) is 12.1 Å². The maximum absolute atomic E-state index is 11.0. The van der Waals surface area contributed by atoms with Gasteiger partial charge in [0.25, 0.3) is 5.24 Å². The molecule has 0 radical (unpaired) electrons. The normalized spacial score (nSPS) is 9.85. The lowest BCUT2D eigenvalue weighted by atomic mass is 10.1. The molecular formula is C9H8Cl2O2. The van der Waals surface area contributed by atoms with Crippen molar-refractivity contribution in [2.24, 2.45) is 0 Å². The Hall–Kier alpha value is -0.730. The molecule has 2 nitrogen and oxygen atoms in total. The molecule has 0 N–H and O–H groups in total. The number of ether oxygens (including phenoxy) is 1. The van der Waals surface area contributed by atoms with Gasteiger partial charge in [0, 0.05) is 5.02 Å². The van der Waals surface area contributed by atoms with Gasteiger partial charge in [-0.1, -0.05) is 11.6 Å². The van der Waals surface area contributed by atoms with Crippen LogP contribution in [-0.4, -0.2) is 12.4 Å². The molecule has 0 amide bonds. The molecule has 0 unspecified atom stereocenters. The molecule has 0 aliphatic rings. The molecule has 0 aliphatic heterocycles. The minimum Gasteiger partial charge on any atom is -0.496 e. The van der Waals surface area contributed by atoms with E-state index in [0.29, 0.717) is 16.3 Å². The highest BCUT2D eigenvalue weighted by atomic mass is 35.5. The molecule has 0 saturated carbocycles. The average molecular weight is 219 g/mol. The Morgan fingerprint density at radius 1 is 1.46 bits per heavy atom. The van der Waals surface area contributed by atoms with E-state index in [1.54, 1.807) is 13.0 Å². The average Bonchev–Trinajstić information content (AvgIpc) is 2.02. The molecule has 0 fully saturated rings. The van der Waals surface area contributed by atoms with Crippen LogP contribution in [0.4, 0.5) is 0 Å². The van der Waals surface area contributed by atoms with Crippen LogP contribution in [0.2, 0.25) is 5.02 Å². The van der Waals surface area contributed by atoms with E-state index in [1.165, 1.54) is 13.2 Å². The lowest BCUT2D eigenvalue weighted by Crippen LogP contribution is -1.97. The quantitative estimate of drug-likeness (QED) is 0.714. The number of benzene rings is 1. The SMILES string of the molecule is COc1c(C)cc(Cl)cc1C(=O)Cl. The monoisotopic (exact) mass is 218 g/mol. The van der Waals surface area contributed by atoms with Crippen molar-refractivity contribution in [3.8, 4) is 5.75 Å². The first kappa shape index (κ1) is 10.4. The van der Waals surface area contributed by atoms with E-state index in [0.717, 1.165) is 5.56 Å². The van der Waals surface area contributed by atoms with Gasteiger partial charge in [0.2, 0.25) is 0 Å². The second-order valence-electron chi connectivity index (χ2n) is 2.58. The van der Waals surface area contributed by atoms with Crippen molar-refractivity contribution in [2.45, 2.75) is 6.92 Å². The maximum atomic E-state index is 11.0. The maximum Gasteiger partial charge on any atom is 0.256 e. The van der Waals surface area contributed by atoms with Crippen molar-refractivity contribution in [1.82, 2.24) is 0 Å². The van der Waals surface area contributed by atoms with Gasteiger partial charge in [-0.2, -0.15) is 0 Å². The molecule has 0 bridgehead atoms. The van der Waals surface area contributed by atoms with Crippen LogP contribution in [0.5, 0.6) is 5.75 Å². The van der Waals surface area contributed by atoms with Gasteiger partial charge < -0.3 is 4.74 Å².